The molecule has 0 aromatic rings. The summed E-state index contributed by atoms with van der Waals surface area (Å²) in [6.45, 7) is 3.24. The molecule has 0 aliphatic heterocycles. The minimum atomic E-state index is 0.403. The second-order valence-electron chi connectivity index (χ2n) is 3.35. The highest BCUT2D eigenvalue weighted by Crippen LogP contribution is 2.01. The van der Waals surface area contributed by atoms with Crippen molar-refractivity contribution in [2.75, 3.05) is 41.8 Å². The minimum absolute atomic E-state index is 0.403. The number of hydrogen-bond donors (Lipinski definition) is 0. The van der Waals surface area contributed by atoms with Crippen molar-refractivity contribution >= 4 is 0 Å². The van der Waals surface area contributed by atoms with E-state index in [1.807, 2.05) is 0 Å². The van der Waals surface area contributed by atoms with E-state index in [-0.39, 0.29) is 0 Å². The van der Waals surface area contributed by atoms with Crippen LogP contribution in [0.4, 0.5) is 0 Å². The average Bonchev–Trinajstić information content (AvgIpc) is 1.85. The molecule has 0 fully saturated rings. The second-order valence-corrected chi connectivity index (χ2v) is 3.35. The summed E-state index contributed by atoms with van der Waals surface area (Å²) in [4.78, 5) is 6.69. The lowest BCUT2D eigenvalue weighted by Crippen LogP contribution is -2.51. The van der Waals surface area contributed by atoms with E-state index in [1.54, 1.807) is 0 Å². The van der Waals surface area contributed by atoms with Crippen LogP contribution in [0.3, 0.4) is 0 Å². The van der Waals surface area contributed by atoms with Gasteiger partial charge in [0.25, 0.3) is 0 Å². The quantitative estimate of drug-likeness (QED) is 0.548. The van der Waals surface area contributed by atoms with Crippen LogP contribution in [0.25, 0.3) is 0 Å². The van der Waals surface area contributed by atoms with Crippen molar-refractivity contribution in [3.8, 4) is 0 Å². The third-order valence-electron chi connectivity index (χ3n) is 1.82. The maximum absolute atomic E-state index is 2.29. The van der Waals surface area contributed by atoms with Gasteiger partial charge in [-0.1, -0.05) is 6.92 Å². The summed E-state index contributed by atoms with van der Waals surface area (Å²) in [6, 6.07) is 0. The Hall–Kier alpha value is -0.120. The molecule has 68 valence electrons. The lowest BCUT2D eigenvalue weighted by Gasteiger charge is -2.37. The Bertz CT molecular complexity index is 93.5. The molecule has 0 unspecified atom stereocenters. The first-order valence-electron chi connectivity index (χ1n) is 4.03. The smallest absolute Gasteiger partial charge is 0.118 e. The Kier molecular flexibility index (Phi) is 4.65. The Morgan fingerprint density at radius 2 is 1.27 bits per heavy atom. The lowest BCUT2D eigenvalue weighted by atomic mass is 10.5. The molecule has 0 aromatic carbocycles. The van der Waals surface area contributed by atoms with Gasteiger partial charge in [-0.15, -0.1) is 0 Å². The summed E-state index contributed by atoms with van der Waals surface area (Å²) in [5.74, 6) is 0. The van der Waals surface area contributed by atoms with Crippen molar-refractivity contribution in [2.24, 2.45) is 0 Å². The fraction of sp³-hybridized carbons (Fsp3) is 1.00. The summed E-state index contributed by atoms with van der Waals surface area (Å²) in [7, 11) is 10.5. The van der Waals surface area contributed by atoms with Crippen LogP contribution in [0, 0.1) is 0 Å². The zero-order valence-corrected chi connectivity index (χ0v) is 8.63. The van der Waals surface area contributed by atoms with Crippen molar-refractivity contribution in [1.29, 1.82) is 0 Å². The molecule has 0 N–H and O–H groups in total. The van der Waals surface area contributed by atoms with Gasteiger partial charge in [0.05, 0.1) is 0 Å². The zero-order valence-electron chi connectivity index (χ0n) is 8.63. The molecule has 3 heteroatoms. The normalized spacial score (nSPS) is 12.5. The number of nitrogens with zero attached hydrogens (tertiary/aromatic N) is 3. The summed E-state index contributed by atoms with van der Waals surface area (Å²) in [5, 5.41) is 0. The SMILES string of the molecule is CCN(C)C(N(C)C)N(C)C. The van der Waals surface area contributed by atoms with E-state index in [1.165, 1.54) is 0 Å². The maximum atomic E-state index is 2.29. The Balaban J connectivity index is 4.09. The first-order valence-corrected chi connectivity index (χ1v) is 4.03. The van der Waals surface area contributed by atoms with Crippen LogP contribution in [0.2, 0.25) is 0 Å². The molecule has 0 aliphatic carbocycles. The van der Waals surface area contributed by atoms with Crippen LogP contribution in [0.5, 0.6) is 0 Å². The van der Waals surface area contributed by atoms with Gasteiger partial charge in [0.2, 0.25) is 0 Å². The van der Waals surface area contributed by atoms with Gasteiger partial charge in [0.15, 0.2) is 0 Å². The largest absolute Gasteiger partial charge is 0.282 e. The number of rotatable bonds is 4. The van der Waals surface area contributed by atoms with Crippen molar-refractivity contribution in [1.82, 2.24) is 14.7 Å². The Labute approximate surface area is 70.6 Å². The predicted molar refractivity (Wildman–Crippen MR) is 49.5 cm³/mol. The molecule has 11 heavy (non-hydrogen) atoms. The average molecular weight is 159 g/mol. The molecule has 0 atom stereocenters. The molecule has 0 spiro atoms. The molecule has 0 radical (unpaired) electrons. The highest BCUT2D eigenvalue weighted by Gasteiger charge is 2.16. The van der Waals surface area contributed by atoms with E-state index in [0.29, 0.717) is 6.29 Å². The summed E-state index contributed by atoms with van der Waals surface area (Å²) >= 11 is 0. The fourth-order valence-corrected chi connectivity index (χ4v) is 1.41. The molecular weight excluding hydrogens is 138 g/mol. The van der Waals surface area contributed by atoms with E-state index in [4.69, 9.17) is 0 Å². The van der Waals surface area contributed by atoms with Gasteiger partial charge in [0, 0.05) is 0 Å². The van der Waals surface area contributed by atoms with Gasteiger partial charge in [-0.25, -0.2) is 0 Å². The molecule has 3 nitrogen and oxygen atoms in total. The van der Waals surface area contributed by atoms with Crippen LogP contribution < -0.4 is 0 Å². The van der Waals surface area contributed by atoms with E-state index in [2.05, 4.69) is 56.9 Å². The standard InChI is InChI=1S/C8H21N3/c1-7-11(6)8(9(2)3)10(4)5/h8H,7H2,1-6H3. The van der Waals surface area contributed by atoms with Gasteiger partial charge >= 0.3 is 0 Å². The Morgan fingerprint density at radius 1 is 0.909 bits per heavy atom. The summed E-state index contributed by atoms with van der Waals surface area (Å²) < 4.78 is 0. The van der Waals surface area contributed by atoms with Crippen LogP contribution in [0.15, 0.2) is 0 Å². The van der Waals surface area contributed by atoms with E-state index < -0.39 is 0 Å². The number of hydrogen-bond acceptors (Lipinski definition) is 3. The summed E-state index contributed by atoms with van der Waals surface area (Å²) in [5.41, 5.74) is 0. The van der Waals surface area contributed by atoms with E-state index >= 15 is 0 Å². The van der Waals surface area contributed by atoms with Crippen LogP contribution in [-0.4, -0.2) is 62.8 Å². The zero-order chi connectivity index (χ0) is 9.02. The molecule has 0 aromatic heterocycles. The van der Waals surface area contributed by atoms with Crippen LogP contribution in [0.1, 0.15) is 6.92 Å². The molecular formula is C8H21N3. The molecule has 0 saturated heterocycles. The van der Waals surface area contributed by atoms with Gasteiger partial charge < -0.3 is 0 Å². The van der Waals surface area contributed by atoms with Crippen molar-refractivity contribution < 1.29 is 0 Å². The van der Waals surface area contributed by atoms with Gasteiger partial charge in [0.1, 0.15) is 6.29 Å². The van der Waals surface area contributed by atoms with Gasteiger partial charge in [-0.3, -0.25) is 14.7 Å². The maximum Gasteiger partial charge on any atom is 0.118 e. The van der Waals surface area contributed by atoms with E-state index in [9.17, 15) is 0 Å². The predicted octanol–water partition coefficient (Wildman–Crippen LogP) is 0.345. The topological polar surface area (TPSA) is 9.72 Å². The van der Waals surface area contributed by atoms with E-state index in [0.717, 1.165) is 6.54 Å². The van der Waals surface area contributed by atoms with Crippen LogP contribution in [-0.2, 0) is 0 Å². The molecule has 0 bridgehead atoms. The Morgan fingerprint density at radius 3 is 1.36 bits per heavy atom. The van der Waals surface area contributed by atoms with Crippen molar-refractivity contribution in [3.63, 3.8) is 0 Å². The summed E-state index contributed by atoms with van der Waals surface area (Å²) in [6.07, 6.45) is 0.403. The second kappa shape index (κ2) is 4.70. The first-order chi connectivity index (χ1) is 5.00. The third kappa shape index (κ3) is 3.18. The highest BCUT2D eigenvalue weighted by molar-refractivity contribution is 4.60. The molecule has 0 rings (SSSR count). The third-order valence-corrected chi connectivity index (χ3v) is 1.82. The monoisotopic (exact) mass is 159 g/mol. The molecule has 0 amide bonds. The van der Waals surface area contributed by atoms with Gasteiger partial charge in [-0.05, 0) is 41.8 Å². The first kappa shape index (κ1) is 10.9. The lowest BCUT2D eigenvalue weighted by molar-refractivity contribution is -0.00311. The molecule has 0 aliphatic rings. The molecule has 0 saturated carbocycles. The minimum Gasteiger partial charge on any atom is -0.282 e. The fourth-order valence-electron chi connectivity index (χ4n) is 1.41. The van der Waals surface area contributed by atoms with Crippen molar-refractivity contribution in [2.45, 2.75) is 13.2 Å². The van der Waals surface area contributed by atoms with Crippen LogP contribution >= 0.6 is 0 Å². The highest BCUT2D eigenvalue weighted by atomic mass is 15.5. The molecule has 0 heterocycles. The van der Waals surface area contributed by atoms with Crippen molar-refractivity contribution in [3.05, 3.63) is 0 Å². The van der Waals surface area contributed by atoms with Gasteiger partial charge in [-0.2, -0.15) is 0 Å².